The lowest BCUT2D eigenvalue weighted by atomic mass is 10.1. The van der Waals surface area contributed by atoms with Gasteiger partial charge in [-0.05, 0) is 53.1 Å². The molecule has 0 amide bonds. The molecule has 0 atom stereocenters. The Morgan fingerprint density at radius 1 is 0.680 bits per heavy atom. The number of ether oxygens (including phenoxy) is 1. The van der Waals surface area contributed by atoms with Crippen molar-refractivity contribution in [3.63, 3.8) is 0 Å². The zero-order chi connectivity index (χ0) is 16.6. The summed E-state index contributed by atoms with van der Waals surface area (Å²) in [5.74, 6) is 0.849. The Kier molecular flexibility index (Phi) is 7.00. The standard InChI is InChI=1S/C22H19NO.ClH/c1-24-22-15-11-20(12-16-22)17-23-21-13-9-19(10-14-21)8-7-18-5-3-2-4-6-18;/h2-17H,1H3;1H/b8-7+,23-17?;. The molecular weight excluding hydrogens is 330 g/mol. The normalized spacial score (nSPS) is 10.8. The third-order valence-corrected chi connectivity index (χ3v) is 3.64. The van der Waals surface area contributed by atoms with E-state index < -0.39 is 0 Å². The lowest BCUT2D eigenvalue weighted by Crippen LogP contribution is -1.84. The maximum absolute atomic E-state index is 5.15. The van der Waals surface area contributed by atoms with Gasteiger partial charge in [0.05, 0.1) is 12.8 Å². The number of hydrogen-bond acceptors (Lipinski definition) is 2. The smallest absolute Gasteiger partial charge is 0.118 e. The third-order valence-electron chi connectivity index (χ3n) is 3.64. The van der Waals surface area contributed by atoms with Gasteiger partial charge in [0.15, 0.2) is 0 Å². The van der Waals surface area contributed by atoms with Crippen LogP contribution in [0.1, 0.15) is 16.7 Å². The van der Waals surface area contributed by atoms with Crippen LogP contribution in [0.15, 0.2) is 83.9 Å². The number of halogens is 1. The Morgan fingerprint density at radius 2 is 1.24 bits per heavy atom. The Bertz CT molecular complexity index is 822. The molecule has 0 saturated heterocycles. The van der Waals surface area contributed by atoms with Gasteiger partial charge in [0.25, 0.3) is 0 Å². The maximum atomic E-state index is 5.15. The van der Waals surface area contributed by atoms with Gasteiger partial charge >= 0.3 is 0 Å². The second-order valence-electron chi connectivity index (χ2n) is 5.37. The molecule has 3 aromatic carbocycles. The molecule has 0 bridgehead atoms. The summed E-state index contributed by atoms with van der Waals surface area (Å²) in [6, 6.07) is 26.3. The Balaban J connectivity index is 0.00000225. The summed E-state index contributed by atoms with van der Waals surface area (Å²) in [7, 11) is 1.66. The Morgan fingerprint density at radius 3 is 1.84 bits per heavy atom. The molecule has 0 N–H and O–H groups in total. The highest BCUT2D eigenvalue weighted by molar-refractivity contribution is 5.85. The predicted octanol–water partition coefficient (Wildman–Crippen LogP) is 6.04. The first-order chi connectivity index (χ1) is 11.8. The second-order valence-corrected chi connectivity index (χ2v) is 5.37. The third kappa shape index (κ3) is 5.63. The molecule has 3 rings (SSSR count). The van der Waals surface area contributed by atoms with Gasteiger partial charge in [-0.1, -0.05) is 54.6 Å². The number of aliphatic imine (C=N–C) groups is 1. The van der Waals surface area contributed by atoms with E-state index in [1.54, 1.807) is 7.11 Å². The first-order valence-corrected chi connectivity index (χ1v) is 7.85. The van der Waals surface area contributed by atoms with E-state index in [9.17, 15) is 0 Å². The van der Waals surface area contributed by atoms with E-state index in [1.165, 1.54) is 5.56 Å². The fourth-order valence-electron chi connectivity index (χ4n) is 2.27. The van der Waals surface area contributed by atoms with E-state index in [2.05, 4.69) is 41.4 Å². The van der Waals surface area contributed by atoms with E-state index >= 15 is 0 Å². The molecule has 126 valence electrons. The number of rotatable bonds is 5. The fraction of sp³-hybridized carbons (Fsp3) is 0.0455. The molecule has 0 aliphatic rings. The molecule has 2 nitrogen and oxygen atoms in total. The minimum absolute atomic E-state index is 0. The summed E-state index contributed by atoms with van der Waals surface area (Å²) in [4.78, 5) is 4.50. The van der Waals surface area contributed by atoms with Gasteiger partial charge in [-0.15, -0.1) is 12.4 Å². The van der Waals surface area contributed by atoms with Crippen molar-refractivity contribution in [1.29, 1.82) is 0 Å². The Hall–Kier alpha value is -2.84. The van der Waals surface area contributed by atoms with Crippen LogP contribution < -0.4 is 4.74 Å². The van der Waals surface area contributed by atoms with Gasteiger partial charge in [0, 0.05) is 6.21 Å². The summed E-state index contributed by atoms with van der Waals surface area (Å²) < 4.78 is 5.15. The van der Waals surface area contributed by atoms with E-state index in [0.29, 0.717) is 0 Å². The zero-order valence-electron chi connectivity index (χ0n) is 14.0. The van der Waals surface area contributed by atoms with E-state index in [-0.39, 0.29) is 12.4 Å². The van der Waals surface area contributed by atoms with Gasteiger partial charge < -0.3 is 4.74 Å². The summed E-state index contributed by atoms with van der Waals surface area (Å²) in [6.07, 6.45) is 6.07. The van der Waals surface area contributed by atoms with Gasteiger partial charge in [-0.3, -0.25) is 4.99 Å². The van der Waals surface area contributed by atoms with Crippen LogP contribution in [0.2, 0.25) is 0 Å². The molecule has 0 aliphatic heterocycles. The lowest BCUT2D eigenvalue weighted by molar-refractivity contribution is 0.415. The van der Waals surface area contributed by atoms with Crippen molar-refractivity contribution in [3.05, 3.63) is 95.6 Å². The first-order valence-electron chi connectivity index (χ1n) is 7.85. The molecule has 3 heteroatoms. The molecule has 0 spiro atoms. The van der Waals surface area contributed by atoms with Crippen molar-refractivity contribution in [2.45, 2.75) is 0 Å². The largest absolute Gasteiger partial charge is 0.497 e. The summed E-state index contributed by atoms with van der Waals surface area (Å²) >= 11 is 0. The number of methoxy groups -OCH3 is 1. The van der Waals surface area contributed by atoms with Crippen LogP contribution in [0.25, 0.3) is 12.2 Å². The number of benzene rings is 3. The fourth-order valence-corrected chi connectivity index (χ4v) is 2.27. The average molecular weight is 350 g/mol. The molecule has 0 aromatic heterocycles. The molecule has 25 heavy (non-hydrogen) atoms. The first kappa shape index (κ1) is 18.5. The van der Waals surface area contributed by atoms with Crippen molar-refractivity contribution in [1.82, 2.24) is 0 Å². The average Bonchev–Trinajstić information content (AvgIpc) is 2.67. The van der Waals surface area contributed by atoms with E-state index in [0.717, 1.165) is 22.6 Å². The minimum atomic E-state index is 0. The lowest BCUT2D eigenvalue weighted by Gasteiger charge is -1.99. The van der Waals surface area contributed by atoms with Gasteiger partial charge in [-0.2, -0.15) is 0 Å². The van der Waals surface area contributed by atoms with Crippen molar-refractivity contribution in [3.8, 4) is 5.75 Å². The summed E-state index contributed by atoms with van der Waals surface area (Å²) in [5, 5.41) is 0. The van der Waals surface area contributed by atoms with Gasteiger partial charge in [0.2, 0.25) is 0 Å². The molecule has 0 aliphatic carbocycles. The molecule has 0 radical (unpaired) electrons. The van der Waals surface area contributed by atoms with Crippen LogP contribution >= 0.6 is 12.4 Å². The summed E-state index contributed by atoms with van der Waals surface area (Å²) in [6.45, 7) is 0. The maximum Gasteiger partial charge on any atom is 0.118 e. The second kappa shape index (κ2) is 9.45. The molecule has 0 heterocycles. The van der Waals surface area contributed by atoms with Gasteiger partial charge in [0.1, 0.15) is 5.75 Å². The quantitative estimate of drug-likeness (QED) is 0.406. The number of hydrogen-bond donors (Lipinski definition) is 0. The zero-order valence-corrected chi connectivity index (χ0v) is 14.8. The monoisotopic (exact) mass is 349 g/mol. The van der Waals surface area contributed by atoms with Gasteiger partial charge in [-0.25, -0.2) is 0 Å². The number of nitrogens with zero attached hydrogens (tertiary/aromatic N) is 1. The molecular formula is C22H20ClNO. The SMILES string of the molecule is COc1ccc(C=Nc2ccc(/C=C/c3ccccc3)cc2)cc1.Cl. The Labute approximate surface area is 154 Å². The van der Waals surface area contributed by atoms with Crippen molar-refractivity contribution in [2.75, 3.05) is 7.11 Å². The van der Waals surface area contributed by atoms with Crippen LogP contribution in [-0.4, -0.2) is 13.3 Å². The highest BCUT2D eigenvalue weighted by Gasteiger charge is 1.93. The minimum Gasteiger partial charge on any atom is -0.497 e. The molecule has 0 fully saturated rings. The van der Waals surface area contributed by atoms with Crippen LogP contribution in [0.4, 0.5) is 5.69 Å². The van der Waals surface area contributed by atoms with Crippen molar-refractivity contribution >= 4 is 36.5 Å². The topological polar surface area (TPSA) is 21.6 Å². The van der Waals surface area contributed by atoms with Crippen LogP contribution in [0, 0.1) is 0 Å². The molecule has 0 unspecified atom stereocenters. The van der Waals surface area contributed by atoms with Crippen molar-refractivity contribution in [2.24, 2.45) is 4.99 Å². The van der Waals surface area contributed by atoms with Crippen LogP contribution in [0.5, 0.6) is 5.75 Å². The summed E-state index contributed by atoms with van der Waals surface area (Å²) in [5.41, 5.74) is 4.33. The van der Waals surface area contributed by atoms with Crippen LogP contribution in [0.3, 0.4) is 0 Å². The van der Waals surface area contributed by atoms with E-state index in [1.807, 2.05) is 60.8 Å². The van der Waals surface area contributed by atoms with Crippen LogP contribution in [-0.2, 0) is 0 Å². The van der Waals surface area contributed by atoms with E-state index in [4.69, 9.17) is 4.74 Å². The highest BCUT2D eigenvalue weighted by atomic mass is 35.5. The molecule has 3 aromatic rings. The van der Waals surface area contributed by atoms with Crippen molar-refractivity contribution < 1.29 is 4.74 Å². The molecule has 0 saturated carbocycles. The predicted molar refractivity (Wildman–Crippen MR) is 109 cm³/mol. The highest BCUT2D eigenvalue weighted by Crippen LogP contribution is 2.16.